The molecule has 0 saturated heterocycles. The maximum Gasteiger partial charge on any atom is 0.310 e. The summed E-state index contributed by atoms with van der Waals surface area (Å²) >= 11 is 0. The van der Waals surface area contributed by atoms with Gasteiger partial charge in [0.1, 0.15) is 4.90 Å². The Balaban J connectivity index is 1.63. The number of carbonyl (C=O) groups excluding carboxylic acids is 1. The molecule has 0 atom stereocenters. The Morgan fingerprint density at radius 2 is 1.35 bits per heavy atom. The molecule has 1 amide bonds. The van der Waals surface area contributed by atoms with E-state index in [0.29, 0.717) is 6.07 Å². The summed E-state index contributed by atoms with van der Waals surface area (Å²) < 4.78 is 65.1. The molecular formula is C26H28F5NOS. The molecule has 0 aliphatic carbocycles. The summed E-state index contributed by atoms with van der Waals surface area (Å²) in [5.41, 5.74) is 2.97. The van der Waals surface area contributed by atoms with Crippen LogP contribution in [0.25, 0.3) is 11.1 Å². The summed E-state index contributed by atoms with van der Waals surface area (Å²) in [5.74, 6) is -0.690. The predicted octanol–water partition coefficient (Wildman–Crippen LogP) is 9.78. The van der Waals surface area contributed by atoms with E-state index in [1.54, 1.807) is 24.3 Å². The standard InChI is InChI=1S/C26H28F5NOS/c1-2-3-4-5-6-8-20-11-13-21(14-12-20)22-15-17-23(18-16-22)26(33)32-24-9-7-10-25(19-24)34(27,28,29,30)31/h7,9-19H,2-6,8H2,1H3,(H,32,33). The van der Waals surface area contributed by atoms with Gasteiger partial charge in [-0.15, -0.1) is 0 Å². The number of hydrogen-bond acceptors (Lipinski definition) is 1. The van der Waals surface area contributed by atoms with Crippen LogP contribution in [-0.2, 0) is 6.42 Å². The average Bonchev–Trinajstić information content (AvgIpc) is 2.78. The molecule has 0 aromatic heterocycles. The molecule has 0 bridgehead atoms. The van der Waals surface area contributed by atoms with Crippen molar-refractivity contribution in [2.24, 2.45) is 0 Å². The molecule has 34 heavy (non-hydrogen) atoms. The van der Waals surface area contributed by atoms with Gasteiger partial charge >= 0.3 is 10.2 Å². The van der Waals surface area contributed by atoms with Crippen molar-refractivity contribution < 1.29 is 24.2 Å². The van der Waals surface area contributed by atoms with Crippen molar-refractivity contribution in [3.8, 4) is 11.1 Å². The maximum atomic E-state index is 13.0. The molecule has 0 saturated carbocycles. The van der Waals surface area contributed by atoms with Crippen LogP contribution < -0.4 is 5.32 Å². The van der Waals surface area contributed by atoms with Crippen LogP contribution >= 0.6 is 10.2 Å². The smallest absolute Gasteiger partial charge is 0.310 e. The molecule has 0 aliphatic heterocycles. The fourth-order valence-corrected chi connectivity index (χ4v) is 4.31. The Labute approximate surface area is 196 Å². The second-order valence-electron chi connectivity index (χ2n) is 8.39. The van der Waals surface area contributed by atoms with Crippen molar-refractivity contribution in [2.45, 2.75) is 50.3 Å². The Morgan fingerprint density at radius 3 is 1.94 bits per heavy atom. The third-order valence-corrected chi connectivity index (χ3v) is 6.69. The number of halogens is 5. The van der Waals surface area contributed by atoms with Crippen LogP contribution in [0.3, 0.4) is 0 Å². The molecule has 0 aliphatic rings. The minimum atomic E-state index is -9.82. The van der Waals surface area contributed by atoms with Crippen LogP contribution in [0.5, 0.6) is 0 Å². The lowest BCUT2D eigenvalue weighted by molar-refractivity contribution is 0.102. The van der Waals surface area contributed by atoms with Crippen molar-refractivity contribution in [1.29, 1.82) is 0 Å². The zero-order valence-corrected chi connectivity index (χ0v) is 19.7. The molecule has 0 unspecified atom stereocenters. The van der Waals surface area contributed by atoms with Gasteiger partial charge in [0, 0.05) is 11.3 Å². The Kier molecular flexibility index (Phi) is 7.12. The van der Waals surface area contributed by atoms with E-state index in [1.807, 2.05) is 12.1 Å². The first-order valence-electron chi connectivity index (χ1n) is 11.2. The van der Waals surface area contributed by atoms with Crippen LogP contribution in [0.15, 0.2) is 77.7 Å². The van der Waals surface area contributed by atoms with E-state index in [2.05, 4.69) is 24.4 Å². The topological polar surface area (TPSA) is 29.1 Å². The number of aryl methyl sites for hydroxylation is 1. The highest BCUT2D eigenvalue weighted by Gasteiger charge is 2.65. The molecule has 0 fully saturated rings. The maximum absolute atomic E-state index is 13.0. The third kappa shape index (κ3) is 7.32. The van der Waals surface area contributed by atoms with Crippen LogP contribution in [0.4, 0.5) is 25.1 Å². The van der Waals surface area contributed by atoms with Gasteiger partial charge in [0.05, 0.1) is 0 Å². The lowest BCUT2D eigenvalue weighted by Crippen LogP contribution is -2.13. The summed E-state index contributed by atoms with van der Waals surface area (Å²) in [6, 6.07) is 17.3. The third-order valence-electron chi connectivity index (χ3n) is 5.54. The average molecular weight is 498 g/mol. The van der Waals surface area contributed by atoms with Gasteiger partial charge in [0.15, 0.2) is 0 Å². The normalized spacial score (nSPS) is 13.7. The van der Waals surface area contributed by atoms with Crippen LogP contribution in [0.2, 0.25) is 0 Å². The number of amides is 1. The summed E-state index contributed by atoms with van der Waals surface area (Å²) in [6.07, 6.45) is 7.17. The summed E-state index contributed by atoms with van der Waals surface area (Å²) in [7, 11) is -9.82. The SMILES string of the molecule is CCCCCCCc1ccc(-c2ccc(C(=O)Nc3cccc(S(F)(F)(F)(F)F)c3)cc2)cc1. The number of hydrogen-bond donors (Lipinski definition) is 1. The zero-order valence-electron chi connectivity index (χ0n) is 18.9. The van der Waals surface area contributed by atoms with Crippen molar-refractivity contribution >= 4 is 21.8 Å². The second-order valence-corrected chi connectivity index (χ2v) is 10.8. The molecule has 3 aromatic rings. The molecular weight excluding hydrogens is 469 g/mol. The molecule has 3 rings (SSSR count). The Bertz CT molecular complexity index is 1130. The Hall–Kier alpha value is -2.87. The monoisotopic (exact) mass is 497 g/mol. The molecule has 1 N–H and O–H groups in total. The first kappa shape index (κ1) is 25.7. The fourth-order valence-electron chi connectivity index (χ4n) is 3.63. The number of benzene rings is 3. The largest absolute Gasteiger partial charge is 0.322 e. The highest BCUT2D eigenvalue weighted by Crippen LogP contribution is 3.02. The van der Waals surface area contributed by atoms with Gasteiger partial charge in [-0.2, -0.15) is 0 Å². The highest BCUT2D eigenvalue weighted by atomic mass is 32.5. The lowest BCUT2D eigenvalue weighted by Gasteiger charge is -2.40. The van der Waals surface area contributed by atoms with Gasteiger partial charge in [-0.05, 0) is 59.9 Å². The number of carbonyl (C=O) groups is 1. The van der Waals surface area contributed by atoms with E-state index in [1.165, 1.54) is 31.2 Å². The minimum Gasteiger partial charge on any atom is -0.322 e. The van der Waals surface area contributed by atoms with Gasteiger partial charge < -0.3 is 5.32 Å². The molecule has 3 aromatic carbocycles. The summed E-state index contributed by atoms with van der Waals surface area (Å²) in [5, 5.41) is 2.25. The van der Waals surface area contributed by atoms with E-state index >= 15 is 0 Å². The minimum absolute atomic E-state index is 0.199. The molecule has 2 nitrogen and oxygen atoms in total. The number of nitrogens with one attached hydrogen (secondary N) is 1. The first-order chi connectivity index (χ1) is 15.9. The molecule has 8 heteroatoms. The van der Waals surface area contributed by atoms with E-state index in [9.17, 15) is 24.2 Å². The van der Waals surface area contributed by atoms with Crippen LogP contribution in [0, 0.1) is 0 Å². The second kappa shape index (κ2) is 9.41. The van der Waals surface area contributed by atoms with Gasteiger partial charge in [-0.25, -0.2) is 0 Å². The van der Waals surface area contributed by atoms with E-state index < -0.39 is 21.0 Å². The van der Waals surface area contributed by atoms with E-state index in [4.69, 9.17) is 0 Å². The van der Waals surface area contributed by atoms with Gasteiger partial charge in [-0.1, -0.05) is 94.5 Å². The Morgan fingerprint density at radius 1 is 0.765 bits per heavy atom. The van der Waals surface area contributed by atoms with Gasteiger partial charge in [-0.3, -0.25) is 4.79 Å². The van der Waals surface area contributed by atoms with Crippen LogP contribution in [0.1, 0.15) is 54.9 Å². The quantitative estimate of drug-likeness (QED) is 0.219. The van der Waals surface area contributed by atoms with E-state index in [0.717, 1.165) is 36.1 Å². The molecule has 184 valence electrons. The molecule has 0 radical (unpaired) electrons. The fraction of sp³-hybridized carbons (Fsp3) is 0.269. The van der Waals surface area contributed by atoms with Crippen molar-refractivity contribution in [1.82, 2.24) is 0 Å². The van der Waals surface area contributed by atoms with E-state index in [-0.39, 0.29) is 17.3 Å². The van der Waals surface area contributed by atoms with Gasteiger partial charge in [0.25, 0.3) is 5.91 Å². The number of rotatable bonds is 10. The number of unbranched alkanes of at least 4 members (excludes halogenated alkanes) is 4. The molecule has 0 heterocycles. The predicted molar refractivity (Wildman–Crippen MR) is 130 cm³/mol. The highest BCUT2D eigenvalue weighted by molar-refractivity contribution is 8.45. The van der Waals surface area contributed by atoms with Crippen molar-refractivity contribution in [3.63, 3.8) is 0 Å². The summed E-state index contributed by atoms with van der Waals surface area (Å²) in [6.45, 7) is 2.19. The van der Waals surface area contributed by atoms with Crippen LogP contribution in [-0.4, -0.2) is 5.91 Å². The number of anilines is 1. The first-order valence-corrected chi connectivity index (χ1v) is 13.2. The summed E-state index contributed by atoms with van der Waals surface area (Å²) in [4.78, 5) is 10.4. The van der Waals surface area contributed by atoms with Crippen molar-refractivity contribution in [2.75, 3.05) is 5.32 Å². The van der Waals surface area contributed by atoms with Crippen molar-refractivity contribution in [3.05, 3.63) is 83.9 Å². The zero-order chi connectivity index (χ0) is 24.9. The van der Waals surface area contributed by atoms with Gasteiger partial charge in [0.2, 0.25) is 0 Å². The lowest BCUT2D eigenvalue weighted by atomic mass is 10.00. The molecule has 0 spiro atoms.